The molecule has 0 spiro atoms. The van der Waals surface area contributed by atoms with Gasteiger partial charge in [-0.1, -0.05) is 12.8 Å². The highest BCUT2D eigenvalue weighted by atomic mass is 16.5. The highest BCUT2D eigenvalue weighted by molar-refractivity contribution is 4.92. The summed E-state index contributed by atoms with van der Waals surface area (Å²) in [7, 11) is 0. The van der Waals surface area contributed by atoms with Crippen LogP contribution in [0, 0.1) is 11.8 Å². The first-order valence-corrected chi connectivity index (χ1v) is 7.72. The van der Waals surface area contributed by atoms with E-state index in [1.165, 1.54) is 51.4 Å². The van der Waals surface area contributed by atoms with Gasteiger partial charge in [-0.05, 0) is 57.3 Å². The zero-order valence-corrected chi connectivity index (χ0v) is 11.2. The lowest BCUT2D eigenvalue weighted by atomic mass is 9.81. The Morgan fingerprint density at radius 3 is 2.47 bits per heavy atom. The van der Waals surface area contributed by atoms with Crippen LogP contribution in [0.4, 0.5) is 0 Å². The van der Waals surface area contributed by atoms with Crippen LogP contribution < -0.4 is 5.32 Å². The van der Waals surface area contributed by atoms with E-state index in [0.717, 1.165) is 30.5 Å². The Labute approximate surface area is 105 Å². The zero-order valence-electron chi connectivity index (χ0n) is 11.2. The van der Waals surface area contributed by atoms with E-state index in [1.807, 2.05) is 0 Å². The second-order valence-corrected chi connectivity index (χ2v) is 6.37. The van der Waals surface area contributed by atoms with E-state index >= 15 is 0 Å². The molecule has 98 valence electrons. The van der Waals surface area contributed by atoms with Gasteiger partial charge in [0.05, 0.1) is 6.10 Å². The first-order chi connectivity index (χ1) is 8.35. The van der Waals surface area contributed by atoms with Gasteiger partial charge >= 0.3 is 0 Å². The Bertz CT molecular complexity index is 245. The lowest BCUT2D eigenvalue weighted by Gasteiger charge is -2.40. The highest BCUT2D eigenvalue weighted by Crippen LogP contribution is 2.44. The fraction of sp³-hybridized carbons (Fsp3) is 1.00. The topological polar surface area (TPSA) is 21.3 Å². The third-order valence-electron chi connectivity index (χ3n) is 4.97. The van der Waals surface area contributed by atoms with Gasteiger partial charge in [0.1, 0.15) is 0 Å². The Hall–Kier alpha value is -0.0800. The molecule has 0 heterocycles. The van der Waals surface area contributed by atoms with Crippen LogP contribution in [0.1, 0.15) is 58.3 Å². The van der Waals surface area contributed by atoms with Crippen molar-refractivity contribution in [2.45, 2.75) is 76.5 Å². The van der Waals surface area contributed by atoms with Gasteiger partial charge in [0.15, 0.2) is 0 Å². The number of nitrogens with one attached hydrogen (secondary N) is 1. The number of rotatable bonds is 5. The summed E-state index contributed by atoms with van der Waals surface area (Å²) in [5, 5.41) is 3.88. The predicted molar refractivity (Wildman–Crippen MR) is 70.0 cm³/mol. The van der Waals surface area contributed by atoms with Gasteiger partial charge in [0, 0.05) is 18.7 Å². The number of hydrogen-bond acceptors (Lipinski definition) is 2. The molecule has 0 aromatic rings. The standard InChI is InChI=1S/C15H27NO/c1-2-17-15-9-14(10-15)16-13-5-3-4-12(8-13)11-6-7-11/h11-16H,2-10H2,1H3. The van der Waals surface area contributed by atoms with Crippen molar-refractivity contribution in [1.29, 1.82) is 0 Å². The average molecular weight is 237 g/mol. The van der Waals surface area contributed by atoms with Crippen LogP contribution in [0.15, 0.2) is 0 Å². The summed E-state index contributed by atoms with van der Waals surface area (Å²) in [5.74, 6) is 2.17. The van der Waals surface area contributed by atoms with Gasteiger partial charge in [0.2, 0.25) is 0 Å². The predicted octanol–water partition coefficient (Wildman–Crippen LogP) is 3.11. The van der Waals surface area contributed by atoms with Crippen molar-refractivity contribution in [3.63, 3.8) is 0 Å². The van der Waals surface area contributed by atoms with Crippen LogP contribution in [0.5, 0.6) is 0 Å². The molecule has 2 unspecified atom stereocenters. The second-order valence-electron chi connectivity index (χ2n) is 6.37. The molecule has 0 aromatic carbocycles. The van der Waals surface area contributed by atoms with Crippen molar-refractivity contribution < 1.29 is 4.74 Å². The Morgan fingerprint density at radius 2 is 1.76 bits per heavy atom. The zero-order chi connectivity index (χ0) is 11.7. The molecule has 17 heavy (non-hydrogen) atoms. The lowest BCUT2D eigenvalue weighted by Crippen LogP contribution is -2.50. The largest absolute Gasteiger partial charge is 0.378 e. The van der Waals surface area contributed by atoms with Crippen molar-refractivity contribution in [1.82, 2.24) is 5.32 Å². The summed E-state index contributed by atoms with van der Waals surface area (Å²) < 4.78 is 5.63. The fourth-order valence-electron chi connectivity index (χ4n) is 3.78. The lowest BCUT2D eigenvalue weighted by molar-refractivity contribution is -0.0142. The molecular formula is C15H27NO. The molecule has 3 aliphatic rings. The number of hydrogen-bond donors (Lipinski definition) is 1. The van der Waals surface area contributed by atoms with Gasteiger partial charge < -0.3 is 10.1 Å². The average Bonchev–Trinajstić information content (AvgIpc) is 3.10. The minimum absolute atomic E-state index is 0.556. The van der Waals surface area contributed by atoms with Crippen molar-refractivity contribution in [2.24, 2.45) is 11.8 Å². The smallest absolute Gasteiger partial charge is 0.0604 e. The SMILES string of the molecule is CCOC1CC(NC2CCCC(C3CC3)C2)C1. The second kappa shape index (κ2) is 5.27. The maximum atomic E-state index is 5.63. The quantitative estimate of drug-likeness (QED) is 0.793. The minimum Gasteiger partial charge on any atom is -0.378 e. The Balaban J connectivity index is 1.37. The molecule has 3 aliphatic carbocycles. The van der Waals surface area contributed by atoms with Gasteiger partial charge in [0.25, 0.3) is 0 Å². The third kappa shape index (κ3) is 3.03. The summed E-state index contributed by atoms with van der Waals surface area (Å²) in [4.78, 5) is 0. The summed E-state index contributed by atoms with van der Waals surface area (Å²) in [6.07, 6.45) is 11.9. The molecular weight excluding hydrogens is 210 g/mol. The summed E-state index contributed by atoms with van der Waals surface area (Å²) in [6.45, 7) is 2.98. The molecule has 3 fully saturated rings. The molecule has 0 aliphatic heterocycles. The molecule has 0 bridgehead atoms. The van der Waals surface area contributed by atoms with Gasteiger partial charge in [-0.25, -0.2) is 0 Å². The van der Waals surface area contributed by atoms with Crippen molar-refractivity contribution in [2.75, 3.05) is 6.61 Å². The number of ether oxygens (including phenoxy) is 1. The molecule has 0 saturated heterocycles. The molecule has 2 nitrogen and oxygen atoms in total. The highest BCUT2D eigenvalue weighted by Gasteiger charge is 2.37. The molecule has 1 N–H and O–H groups in total. The summed E-state index contributed by atoms with van der Waals surface area (Å²) >= 11 is 0. The van der Waals surface area contributed by atoms with E-state index in [0.29, 0.717) is 6.10 Å². The van der Waals surface area contributed by atoms with Gasteiger partial charge in [-0.2, -0.15) is 0 Å². The van der Waals surface area contributed by atoms with E-state index in [4.69, 9.17) is 4.74 Å². The van der Waals surface area contributed by atoms with Crippen LogP contribution in [-0.4, -0.2) is 24.8 Å². The van der Waals surface area contributed by atoms with Crippen LogP contribution in [0.3, 0.4) is 0 Å². The van der Waals surface area contributed by atoms with E-state index in [1.54, 1.807) is 0 Å². The summed E-state index contributed by atoms with van der Waals surface area (Å²) in [5.41, 5.74) is 0. The van der Waals surface area contributed by atoms with Crippen LogP contribution in [0.25, 0.3) is 0 Å². The molecule has 3 rings (SSSR count). The van der Waals surface area contributed by atoms with Crippen molar-refractivity contribution >= 4 is 0 Å². The monoisotopic (exact) mass is 237 g/mol. The minimum atomic E-state index is 0.556. The third-order valence-corrected chi connectivity index (χ3v) is 4.97. The Kier molecular flexibility index (Phi) is 3.72. The summed E-state index contributed by atoms with van der Waals surface area (Å²) in [6, 6.07) is 1.58. The maximum absolute atomic E-state index is 5.63. The van der Waals surface area contributed by atoms with E-state index in [-0.39, 0.29) is 0 Å². The van der Waals surface area contributed by atoms with E-state index < -0.39 is 0 Å². The van der Waals surface area contributed by atoms with Crippen LogP contribution in [0.2, 0.25) is 0 Å². The van der Waals surface area contributed by atoms with Crippen molar-refractivity contribution in [3.8, 4) is 0 Å². The molecule has 0 radical (unpaired) electrons. The van der Waals surface area contributed by atoms with Crippen LogP contribution in [-0.2, 0) is 4.74 Å². The first kappa shape index (κ1) is 12.0. The molecule has 2 heteroatoms. The normalized spacial score (nSPS) is 42.2. The van der Waals surface area contributed by atoms with E-state index in [9.17, 15) is 0 Å². The fourth-order valence-corrected chi connectivity index (χ4v) is 3.78. The van der Waals surface area contributed by atoms with Crippen LogP contribution >= 0.6 is 0 Å². The van der Waals surface area contributed by atoms with E-state index in [2.05, 4.69) is 12.2 Å². The molecule has 0 aromatic heterocycles. The first-order valence-electron chi connectivity index (χ1n) is 7.72. The molecule has 0 amide bonds. The molecule has 3 saturated carbocycles. The van der Waals surface area contributed by atoms with Gasteiger partial charge in [-0.3, -0.25) is 0 Å². The Morgan fingerprint density at radius 1 is 0.941 bits per heavy atom. The maximum Gasteiger partial charge on any atom is 0.0604 e. The van der Waals surface area contributed by atoms with Gasteiger partial charge in [-0.15, -0.1) is 0 Å². The molecule has 2 atom stereocenters. The van der Waals surface area contributed by atoms with Crippen molar-refractivity contribution in [3.05, 3.63) is 0 Å².